The van der Waals surface area contributed by atoms with Gasteiger partial charge in [0.05, 0.1) is 11.3 Å². The van der Waals surface area contributed by atoms with Crippen molar-refractivity contribution >= 4 is 17.4 Å². The van der Waals surface area contributed by atoms with Gasteiger partial charge in [-0.1, -0.05) is 12.1 Å². The van der Waals surface area contributed by atoms with Crippen molar-refractivity contribution in [3.05, 3.63) is 58.5 Å². The fourth-order valence-corrected chi connectivity index (χ4v) is 1.50. The number of fused-ring (bicyclic) bond motifs is 1. The highest BCUT2D eigenvalue weighted by atomic mass is 16.3. The molecule has 6 nitrogen and oxygen atoms in total. The molecule has 1 amide bonds. The van der Waals surface area contributed by atoms with Gasteiger partial charge in [0.2, 0.25) is 0 Å². The van der Waals surface area contributed by atoms with Gasteiger partial charge in [-0.3, -0.25) is 14.4 Å². The Kier molecular flexibility index (Phi) is 3.42. The molecule has 1 aromatic carbocycles. The minimum absolute atomic E-state index is 0.243. The molecule has 0 atom stereocenters. The zero-order valence-electron chi connectivity index (χ0n) is 9.71. The molecule has 2 heterocycles. The quantitative estimate of drug-likeness (QED) is 0.611. The standard InChI is InChI=1S/C8H5NO2.C5H5NO2/c10-7-5-3-1-2-4-6(5)9-8(7)11;7-4-2-1-3-6-5(4)8/h1-4H,(H,9,10,11);1-3,7H,(H,6,8). The lowest BCUT2D eigenvalue weighted by atomic mass is 10.1. The Labute approximate surface area is 107 Å². The maximum atomic E-state index is 11.0. The largest absolute Gasteiger partial charge is 0.503 e. The van der Waals surface area contributed by atoms with Crippen LogP contribution in [0.4, 0.5) is 5.69 Å². The maximum absolute atomic E-state index is 11.0. The number of para-hydroxylation sites is 1. The van der Waals surface area contributed by atoms with Crippen molar-refractivity contribution in [2.75, 3.05) is 5.32 Å². The molecule has 3 N–H and O–H groups in total. The second-order valence-electron chi connectivity index (χ2n) is 3.71. The molecule has 0 bridgehead atoms. The molecule has 2 aromatic rings. The van der Waals surface area contributed by atoms with Gasteiger partial charge in [-0.15, -0.1) is 0 Å². The Morgan fingerprint density at radius 2 is 1.68 bits per heavy atom. The van der Waals surface area contributed by atoms with Crippen molar-refractivity contribution in [3.8, 4) is 5.75 Å². The molecule has 0 unspecified atom stereocenters. The number of ketones is 1. The van der Waals surface area contributed by atoms with Gasteiger partial charge in [0, 0.05) is 6.20 Å². The molecule has 0 aliphatic carbocycles. The number of aromatic nitrogens is 1. The number of Topliss-reactive ketones (excluding diaryl/α,β-unsaturated/α-hetero) is 1. The molecule has 0 saturated heterocycles. The van der Waals surface area contributed by atoms with Gasteiger partial charge in [-0.05, 0) is 24.3 Å². The number of aromatic amines is 1. The number of amides is 1. The van der Waals surface area contributed by atoms with E-state index in [1.54, 1.807) is 30.3 Å². The highest BCUT2D eigenvalue weighted by molar-refractivity contribution is 6.51. The van der Waals surface area contributed by atoms with Gasteiger partial charge < -0.3 is 15.4 Å². The summed E-state index contributed by atoms with van der Waals surface area (Å²) in [5.74, 6) is -1.22. The molecule has 0 fully saturated rings. The Hall–Kier alpha value is -2.89. The van der Waals surface area contributed by atoms with E-state index in [1.165, 1.54) is 12.3 Å². The van der Waals surface area contributed by atoms with Crippen LogP contribution in [0, 0.1) is 0 Å². The number of rotatable bonds is 0. The molecule has 19 heavy (non-hydrogen) atoms. The van der Waals surface area contributed by atoms with E-state index in [-0.39, 0.29) is 5.75 Å². The summed E-state index contributed by atoms with van der Waals surface area (Å²) >= 11 is 0. The highest BCUT2D eigenvalue weighted by Gasteiger charge is 2.26. The predicted molar refractivity (Wildman–Crippen MR) is 68.1 cm³/mol. The van der Waals surface area contributed by atoms with E-state index in [9.17, 15) is 14.4 Å². The fraction of sp³-hybridized carbons (Fsp3) is 0. The van der Waals surface area contributed by atoms with Crippen LogP contribution in [-0.2, 0) is 4.79 Å². The van der Waals surface area contributed by atoms with E-state index in [2.05, 4.69) is 10.3 Å². The summed E-state index contributed by atoms with van der Waals surface area (Å²) in [6, 6.07) is 9.73. The van der Waals surface area contributed by atoms with Crippen molar-refractivity contribution in [2.24, 2.45) is 0 Å². The Balaban J connectivity index is 0.000000148. The molecule has 0 radical (unpaired) electrons. The number of aromatic hydroxyl groups is 1. The third kappa shape index (κ3) is 2.68. The van der Waals surface area contributed by atoms with Crippen LogP contribution in [0.15, 0.2) is 47.4 Å². The van der Waals surface area contributed by atoms with Gasteiger partial charge >= 0.3 is 0 Å². The van der Waals surface area contributed by atoms with Crippen LogP contribution >= 0.6 is 0 Å². The van der Waals surface area contributed by atoms with Crippen LogP contribution in [0.25, 0.3) is 0 Å². The van der Waals surface area contributed by atoms with Crippen molar-refractivity contribution < 1.29 is 14.7 Å². The number of carbonyl (C=O) groups excluding carboxylic acids is 2. The van der Waals surface area contributed by atoms with Crippen LogP contribution in [0.2, 0.25) is 0 Å². The molecule has 0 saturated carbocycles. The molecular weight excluding hydrogens is 248 g/mol. The minimum atomic E-state index is -0.536. The molecule has 1 aliphatic heterocycles. The number of nitrogens with one attached hydrogen (secondary N) is 2. The molecule has 6 heteroatoms. The lowest BCUT2D eigenvalue weighted by Gasteiger charge is -1.91. The van der Waals surface area contributed by atoms with Crippen LogP contribution < -0.4 is 10.9 Å². The molecule has 1 aliphatic rings. The summed E-state index contributed by atoms with van der Waals surface area (Å²) in [6.07, 6.45) is 1.46. The van der Waals surface area contributed by atoms with Crippen LogP contribution in [0.5, 0.6) is 5.75 Å². The SMILES string of the molecule is O=C1Nc2ccccc2C1=O.O=c1[nH]cccc1O. The number of hydrogen-bond acceptors (Lipinski definition) is 4. The normalized spacial score (nSPS) is 12.2. The Morgan fingerprint density at radius 1 is 0.947 bits per heavy atom. The van der Waals surface area contributed by atoms with Crippen LogP contribution in [-0.4, -0.2) is 21.8 Å². The van der Waals surface area contributed by atoms with E-state index < -0.39 is 17.2 Å². The van der Waals surface area contributed by atoms with Gasteiger partial charge in [0.15, 0.2) is 5.75 Å². The third-order valence-electron chi connectivity index (χ3n) is 2.42. The first-order valence-electron chi connectivity index (χ1n) is 5.41. The van der Waals surface area contributed by atoms with E-state index >= 15 is 0 Å². The molecule has 96 valence electrons. The topological polar surface area (TPSA) is 99.3 Å². The predicted octanol–water partition coefficient (Wildman–Crippen LogP) is 0.902. The van der Waals surface area contributed by atoms with Crippen molar-refractivity contribution in [1.29, 1.82) is 0 Å². The Morgan fingerprint density at radius 3 is 2.26 bits per heavy atom. The second-order valence-corrected chi connectivity index (χ2v) is 3.71. The summed E-state index contributed by atoms with van der Waals surface area (Å²) in [5, 5.41) is 11.0. The zero-order valence-corrected chi connectivity index (χ0v) is 9.71. The van der Waals surface area contributed by atoms with Gasteiger partial charge in [-0.25, -0.2) is 0 Å². The summed E-state index contributed by atoms with van der Waals surface area (Å²) in [7, 11) is 0. The van der Waals surface area contributed by atoms with Gasteiger partial charge in [-0.2, -0.15) is 0 Å². The molecule has 3 rings (SSSR count). The molecular formula is C13H10N2O4. The maximum Gasteiger partial charge on any atom is 0.296 e. The van der Waals surface area contributed by atoms with Crippen LogP contribution in [0.3, 0.4) is 0 Å². The van der Waals surface area contributed by atoms with Crippen molar-refractivity contribution in [2.45, 2.75) is 0 Å². The van der Waals surface area contributed by atoms with E-state index in [0.717, 1.165) is 0 Å². The summed E-state index contributed by atoms with van der Waals surface area (Å²) < 4.78 is 0. The summed E-state index contributed by atoms with van der Waals surface area (Å²) in [6.45, 7) is 0. The fourth-order valence-electron chi connectivity index (χ4n) is 1.50. The first-order chi connectivity index (χ1) is 9.09. The zero-order chi connectivity index (χ0) is 13.8. The molecule has 1 aromatic heterocycles. The first kappa shape index (κ1) is 12.6. The number of H-pyrrole nitrogens is 1. The average molecular weight is 258 g/mol. The summed E-state index contributed by atoms with van der Waals surface area (Å²) in [4.78, 5) is 34.4. The van der Waals surface area contributed by atoms with Crippen molar-refractivity contribution in [3.63, 3.8) is 0 Å². The monoisotopic (exact) mass is 258 g/mol. The second kappa shape index (κ2) is 5.18. The number of carbonyl (C=O) groups is 2. The van der Waals surface area contributed by atoms with E-state index in [4.69, 9.17) is 5.11 Å². The number of anilines is 1. The van der Waals surface area contributed by atoms with Crippen molar-refractivity contribution in [1.82, 2.24) is 4.98 Å². The highest BCUT2D eigenvalue weighted by Crippen LogP contribution is 2.21. The third-order valence-corrected chi connectivity index (χ3v) is 2.42. The number of pyridine rings is 1. The van der Waals surface area contributed by atoms with E-state index in [1.807, 2.05) is 0 Å². The van der Waals surface area contributed by atoms with Gasteiger partial charge in [0.25, 0.3) is 17.2 Å². The number of hydrogen-bond donors (Lipinski definition) is 3. The summed E-state index contributed by atoms with van der Waals surface area (Å²) in [5.41, 5.74) is 0.632. The lowest BCUT2D eigenvalue weighted by molar-refractivity contribution is -0.112. The Bertz CT molecular complexity index is 691. The lowest BCUT2D eigenvalue weighted by Crippen LogP contribution is -2.12. The smallest absolute Gasteiger partial charge is 0.296 e. The van der Waals surface area contributed by atoms with Crippen LogP contribution in [0.1, 0.15) is 10.4 Å². The minimum Gasteiger partial charge on any atom is -0.503 e. The number of benzene rings is 1. The molecule has 0 spiro atoms. The average Bonchev–Trinajstić information content (AvgIpc) is 2.70. The van der Waals surface area contributed by atoms with E-state index in [0.29, 0.717) is 11.3 Å². The first-order valence-corrected chi connectivity index (χ1v) is 5.41. The van der Waals surface area contributed by atoms with Gasteiger partial charge in [0.1, 0.15) is 0 Å².